The van der Waals surface area contributed by atoms with Gasteiger partial charge in [0.1, 0.15) is 0 Å². The Labute approximate surface area is 199 Å². The molecule has 10 heteroatoms. The van der Waals surface area contributed by atoms with Crippen molar-refractivity contribution in [2.75, 3.05) is 10.2 Å². The van der Waals surface area contributed by atoms with Crippen LogP contribution in [0.3, 0.4) is 0 Å². The molecule has 170 valence electrons. The van der Waals surface area contributed by atoms with Crippen molar-refractivity contribution in [2.24, 2.45) is 0 Å². The molecule has 32 heavy (non-hydrogen) atoms. The number of rotatable bonds is 6. The van der Waals surface area contributed by atoms with E-state index in [1.54, 1.807) is 30.2 Å². The van der Waals surface area contributed by atoms with Gasteiger partial charge in [-0.05, 0) is 38.0 Å². The zero-order valence-corrected chi connectivity index (χ0v) is 20.0. The highest BCUT2D eigenvalue weighted by Crippen LogP contribution is 2.38. The van der Waals surface area contributed by atoms with E-state index in [0.29, 0.717) is 15.8 Å². The van der Waals surface area contributed by atoms with Gasteiger partial charge in [0.15, 0.2) is 11.2 Å². The summed E-state index contributed by atoms with van der Waals surface area (Å²) in [5, 5.41) is 5.13. The average molecular weight is 494 g/mol. The molecule has 1 aromatic carbocycles. The summed E-state index contributed by atoms with van der Waals surface area (Å²) >= 11 is 8.67. The first kappa shape index (κ1) is 23.1. The second-order valence-electron chi connectivity index (χ2n) is 7.89. The molecule has 0 saturated heterocycles. The van der Waals surface area contributed by atoms with E-state index in [1.165, 1.54) is 23.1 Å². The molecule has 2 aliphatic rings. The summed E-state index contributed by atoms with van der Waals surface area (Å²) in [5.41, 5.74) is 0.632. The van der Waals surface area contributed by atoms with Gasteiger partial charge in [0, 0.05) is 27.5 Å². The minimum absolute atomic E-state index is 0.0616. The fourth-order valence-corrected chi connectivity index (χ4v) is 5.97. The molecule has 2 amide bonds. The van der Waals surface area contributed by atoms with Crippen LogP contribution in [0.25, 0.3) is 0 Å². The standard InChI is InChI=1S/C22H24ClN3O4S2/c1-13(21(29)26(22-24-9-10-31-22)15-5-3-2-4-6-15)30-19(27)12-18-20(28)25-16-11-14(23)7-8-17(16)32-18/h7-11,13,15,18H,2-6,12H2,1H3,(H,25,28)/t13-,18+/m1/s1. The van der Waals surface area contributed by atoms with E-state index in [-0.39, 0.29) is 24.3 Å². The van der Waals surface area contributed by atoms with Gasteiger partial charge >= 0.3 is 5.97 Å². The quantitative estimate of drug-likeness (QED) is 0.576. The van der Waals surface area contributed by atoms with Crippen LogP contribution in [0.1, 0.15) is 45.4 Å². The lowest BCUT2D eigenvalue weighted by molar-refractivity contribution is -0.154. The molecule has 4 rings (SSSR count). The van der Waals surface area contributed by atoms with Crippen molar-refractivity contribution in [2.45, 2.75) is 67.7 Å². The Hall–Kier alpha value is -2.10. The summed E-state index contributed by atoms with van der Waals surface area (Å²) in [6, 6.07) is 5.28. The van der Waals surface area contributed by atoms with Crippen LogP contribution in [-0.4, -0.2) is 40.2 Å². The molecule has 1 saturated carbocycles. The Morgan fingerprint density at radius 2 is 2.09 bits per heavy atom. The number of halogens is 1. The van der Waals surface area contributed by atoms with Crippen molar-refractivity contribution < 1.29 is 19.1 Å². The number of carbonyl (C=O) groups is 3. The number of nitrogens with one attached hydrogen (secondary N) is 1. The number of amides is 2. The Bertz CT molecular complexity index is 995. The molecule has 7 nitrogen and oxygen atoms in total. The lowest BCUT2D eigenvalue weighted by Gasteiger charge is -2.34. The van der Waals surface area contributed by atoms with Crippen LogP contribution in [0.15, 0.2) is 34.7 Å². The second kappa shape index (κ2) is 10.2. The van der Waals surface area contributed by atoms with Gasteiger partial charge in [-0.2, -0.15) is 0 Å². The minimum Gasteiger partial charge on any atom is -0.452 e. The van der Waals surface area contributed by atoms with Gasteiger partial charge in [-0.3, -0.25) is 19.3 Å². The zero-order valence-electron chi connectivity index (χ0n) is 17.6. The van der Waals surface area contributed by atoms with Gasteiger partial charge in [0.05, 0.1) is 17.4 Å². The number of esters is 1. The molecule has 0 unspecified atom stereocenters. The number of thiazole rings is 1. The van der Waals surface area contributed by atoms with E-state index >= 15 is 0 Å². The van der Waals surface area contributed by atoms with Gasteiger partial charge < -0.3 is 10.1 Å². The van der Waals surface area contributed by atoms with Crippen LogP contribution < -0.4 is 10.2 Å². The highest BCUT2D eigenvalue weighted by atomic mass is 35.5. The van der Waals surface area contributed by atoms with Crippen molar-refractivity contribution in [3.05, 3.63) is 34.8 Å². The van der Waals surface area contributed by atoms with Crippen LogP contribution in [0, 0.1) is 0 Å². The second-order valence-corrected chi connectivity index (χ2v) is 10.4. The summed E-state index contributed by atoms with van der Waals surface area (Å²) in [4.78, 5) is 45.1. The van der Waals surface area contributed by atoms with E-state index < -0.39 is 17.3 Å². The van der Waals surface area contributed by atoms with Gasteiger partial charge in [-0.25, -0.2) is 4.98 Å². The predicted molar refractivity (Wildman–Crippen MR) is 126 cm³/mol. The van der Waals surface area contributed by atoms with Crippen LogP contribution in [-0.2, 0) is 19.1 Å². The van der Waals surface area contributed by atoms with Gasteiger partial charge in [0.25, 0.3) is 5.91 Å². The maximum atomic E-state index is 13.2. The summed E-state index contributed by atoms with van der Waals surface area (Å²) < 4.78 is 5.47. The Kier molecular flexibility index (Phi) is 7.37. The number of benzene rings is 1. The molecule has 0 spiro atoms. The highest BCUT2D eigenvalue weighted by Gasteiger charge is 2.35. The largest absolute Gasteiger partial charge is 0.452 e. The van der Waals surface area contributed by atoms with Gasteiger partial charge in [-0.15, -0.1) is 23.1 Å². The van der Waals surface area contributed by atoms with Gasteiger partial charge in [0.2, 0.25) is 5.91 Å². The molecular weight excluding hydrogens is 470 g/mol. The smallest absolute Gasteiger partial charge is 0.308 e. The van der Waals surface area contributed by atoms with Crippen molar-refractivity contribution >= 4 is 63.3 Å². The maximum absolute atomic E-state index is 13.2. The fourth-order valence-electron chi connectivity index (χ4n) is 4.00. The van der Waals surface area contributed by atoms with Crippen molar-refractivity contribution in [3.63, 3.8) is 0 Å². The highest BCUT2D eigenvalue weighted by molar-refractivity contribution is 8.01. The molecule has 0 bridgehead atoms. The molecule has 2 aromatic rings. The van der Waals surface area contributed by atoms with Crippen LogP contribution >= 0.6 is 34.7 Å². The molecular formula is C22H24ClN3O4S2. The Morgan fingerprint density at radius 3 is 2.81 bits per heavy atom. The number of anilines is 2. The topological polar surface area (TPSA) is 88.6 Å². The predicted octanol–water partition coefficient (Wildman–Crippen LogP) is 4.90. The maximum Gasteiger partial charge on any atom is 0.308 e. The fraction of sp³-hybridized carbons (Fsp3) is 0.455. The Morgan fingerprint density at radius 1 is 1.31 bits per heavy atom. The molecule has 1 aliphatic carbocycles. The lowest BCUT2D eigenvalue weighted by Crippen LogP contribution is -2.47. The van der Waals surface area contributed by atoms with Gasteiger partial charge in [-0.1, -0.05) is 30.9 Å². The average Bonchev–Trinajstić information content (AvgIpc) is 3.29. The summed E-state index contributed by atoms with van der Waals surface area (Å²) in [7, 11) is 0. The SMILES string of the molecule is C[C@@H](OC(=O)C[C@@H]1Sc2ccc(Cl)cc2NC1=O)C(=O)N(c1nccs1)C1CCCCC1. The number of thioether (sulfide) groups is 1. The molecule has 1 aromatic heterocycles. The number of fused-ring (bicyclic) bond motifs is 1. The molecule has 1 N–H and O–H groups in total. The molecule has 2 heterocycles. The summed E-state index contributed by atoms with van der Waals surface area (Å²) in [6.45, 7) is 1.58. The molecule has 1 aliphatic heterocycles. The van der Waals surface area contributed by atoms with E-state index in [4.69, 9.17) is 16.3 Å². The van der Waals surface area contributed by atoms with Crippen molar-refractivity contribution in [1.29, 1.82) is 0 Å². The molecule has 1 fully saturated rings. The molecule has 2 atom stereocenters. The third-order valence-electron chi connectivity index (χ3n) is 5.57. The summed E-state index contributed by atoms with van der Waals surface area (Å²) in [5.74, 6) is -1.15. The number of ether oxygens (including phenoxy) is 1. The zero-order chi connectivity index (χ0) is 22.7. The Balaban J connectivity index is 1.39. The number of hydrogen-bond acceptors (Lipinski definition) is 7. The van der Waals surface area contributed by atoms with Crippen LogP contribution in [0.5, 0.6) is 0 Å². The first-order valence-electron chi connectivity index (χ1n) is 10.6. The lowest BCUT2D eigenvalue weighted by atomic mass is 9.94. The first-order chi connectivity index (χ1) is 15.4. The van der Waals surface area contributed by atoms with E-state index in [2.05, 4.69) is 10.3 Å². The van der Waals surface area contributed by atoms with Crippen LogP contribution in [0.4, 0.5) is 10.8 Å². The first-order valence-corrected chi connectivity index (χ1v) is 12.7. The summed E-state index contributed by atoms with van der Waals surface area (Å²) in [6.07, 6.45) is 5.69. The van der Waals surface area contributed by atoms with Crippen LogP contribution in [0.2, 0.25) is 5.02 Å². The third kappa shape index (κ3) is 5.27. The van der Waals surface area contributed by atoms with Crippen molar-refractivity contribution in [1.82, 2.24) is 4.98 Å². The van der Waals surface area contributed by atoms with Crippen molar-refractivity contribution in [3.8, 4) is 0 Å². The molecule has 0 radical (unpaired) electrons. The normalized spacial score (nSPS) is 19.6. The van der Waals surface area contributed by atoms with E-state index in [1.807, 2.05) is 11.4 Å². The third-order valence-corrected chi connectivity index (χ3v) is 7.85. The monoisotopic (exact) mass is 493 g/mol. The van der Waals surface area contributed by atoms with E-state index in [9.17, 15) is 14.4 Å². The number of hydrogen-bond donors (Lipinski definition) is 1. The number of nitrogens with zero attached hydrogens (tertiary/aromatic N) is 2. The number of aromatic nitrogens is 1. The van der Waals surface area contributed by atoms with E-state index in [0.717, 1.165) is 37.0 Å². The number of carbonyl (C=O) groups excluding carboxylic acids is 3. The minimum atomic E-state index is -0.962.